The SMILES string of the molecule is CC(C)(C)N(Cc1ccc(-c2cnccc2Oc2ccc([N+](=O)[O-])cc2F)cc1)C(=O)O. The van der Waals surface area contributed by atoms with Crippen molar-refractivity contribution in [1.82, 2.24) is 9.88 Å². The van der Waals surface area contributed by atoms with Gasteiger partial charge in [-0.3, -0.25) is 20.0 Å². The lowest BCUT2D eigenvalue weighted by molar-refractivity contribution is -0.385. The number of nitro groups is 1. The monoisotopic (exact) mass is 439 g/mol. The summed E-state index contributed by atoms with van der Waals surface area (Å²) in [5.41, 5.74) is 1.20. The van der Waals surface area contributed by atoms with Gasteiger partial charge in [0.05, 0.1) is 11.0 Å². The molecule has 1 aromatic heterocycles. The molecule has 0 saturated heterocycles. The van der Waals surface area contributed by atoms with Gasteiger partial charge >= 0.3 is 6.09 Å². The minimum Gasteiger partial charge on any atom is -0.465 e. The highest BCUT2D eigenvalue weighted by Gasteiger charge is 2.26. The second-order valence-electron chi connectivity index (χ2n) is 8.08. The van der Waals surface area contributed by atoms with Crippen LogP contribution in [0, 0.1) is 15.9 Å². The minimum atomic E-state index is -1.00. The summed E-state index contributed by atoms with van der Waals surface area (Å²) in [5.74, 6) is -0.683. The molecule has 0 fully saturated rings. The zero-order valence-corrected chi connectivity index (χ0v) is 17.8. The largest absolute Gasteiger partial charge is 0.465 e. The Hall–Kier alpha value is -4.01. The van der Waals surface area contributed by atoms with Gasteiger partial charge in [0.1, 0.15) is 5.75 Å². The van der Waals surface area contributed by atoms with Crippen LogP contribution in [0.5, 0.6) is 11.5 Å². The van der Waals surface area contributed by atoms with Gasteiger partial charge in [-0.15, -0.1) is 0 Å². The van der Waals surface area contributed by atoms with Crippen LogP contribution < -0.4 is 4.74 Å². The highest BCUT2D eigenvalue weighted by atomic mass is 19.1. The van der Waals surface area contributed by atoms with E-state index in [1.165, 1.54) is 17.2 Å². The van der Waals surface area contributed by atoms with E-state index in [0.29, 0.717) is 11.3 Å². The molecule has 0 aliphatic rings. The number of hydrogen-bond donors (Lipinski definition) is 1. The lowest BCUT2D eigenvalue weighted by Gasteiger charge is -2.33. The fraction of sp³-hybridized carbons (Fsp3) is 0.217. The summed E-state index contributed by atoms with van der Waals surface area (Å²) < 4.78 is 19.9. The Morgan fingerprint density at radius 2 is 1.84 bits per heavy atom. The van der Waals surface area contributed by atoms with E-state index < -0.39 is 22.4 Å². The molecular formula is C23H22FN3O5. The van der Waals surface area contributed by atoms with Gasteiger partial charge in [0.25, 0.3) is 5.69 Å². The lowest BCUT2D eigenvalue weighted by atomic mass is 10.0. The molecule has 1 N–H and O–H groups in total. The van der Waals surface area contributed by atoms with E-state index in [-0.39, 0.29) is 18.0 Å². The maximum Gasteiger partial charge on any atom is 0.408 e. The van der Waals surface area contributed by atoms with E-state index in [1.54, 1.807) is 36.5 Å². The first-order valence-corrected chi connectivity index (χ1v) is 9.72. The van der Waals surface area contributed by atoms with Crippen LogP contribution in [0.1, 0.15) is 26.3 Å². The van der Waals surface area contributed by atoms with Gasteiger partial charge in [0, 0.05) is 36.1 Å². The van der Waals surface area contributed by atoms with Crippen LogP contribution in [0.3, 0.4) is 0 Å². The predicted molar refractivity (Wildman–Crippen MR) is 116 cm³/mol. The number of pyridine rings is 1. The van der Waals surface area contributed by atoms with Crippen LogP contribution in [0.25, 0.3) is 11.1 Å². The predicted octanol–water partition coefficient (Wildman–Crippen LogP) is 5.87. The molecule has 2 aromatic carbocycles. The number of amides is 1. The van der Waals surface area contributed by atoms with Gasteiger partial charge in [-0.2, -0.15) is 0 Å². The molecule has 0 aliphatic heterocycles. The van der Waals surface area contributed by atoms with Crippen LogP contribution in [0.15, 0.2) is 60.9 Å². The number of nitrogens with zero attached hydrogens (tertiary/aromatic N) is 3. The van der Waals surface area contributed by atoms with Crippen molar-refractivity contribution >= 4 is 11.8 Å². The van der Waals surface area contributed by atoms with Crippen molar-refractivity contribution in [3.05, 3.63) is 82.4 Å². The number of non-ortho nitro benzene ring substituents is 1. The number of halogens is 1. The molecule has 0 spiro atoms. The molecule has 32 heavy (non-hydrogen) atoms. The average Bonchev–Trinajstić information content (AvgIpc) is 2.73. The zero-order valence-electron chi connectivity index (χ0n) is 17.8. The molecule has 8 nitrogen and oxygen atoms in total. The Balaban J connectivity index is 1.86. The number of rotatable bonds is 6. The van der Waals surface area contributed by atoms with E-state index in [0.717, 1.165) is 23.3 Å². The molecule has 0 radical (unpaired) electrons. The summed E-state index contributed by atoms with van der Waals surface area (Å²) in [7, 11) is 0. The highest BCUT2D eigenvalue weighted by molar-refractivity contribution is 5.70. The normalized spacial score (nSPS) is 11.1. The van der Waals surface area contributed by atoms with E-state index in [2.05, 4.69) is 4.98 Å². The summed E-state index contributed by atoms with van der Waals surface area (Å²) in [5, 5.41) is 20.3. The number of carbonyl (C=O) groups is 1. The quantitative estimate of drug-likeness (QED) is 0.380. The van der Waals surface area contributed by atoms with Gasteiger partial charge in [0.2, 0.25) is 0 Å². The topological polar surface area (TPSA) is 106 Å². The molecule has 1 heterocycles. The van der Waals surface area contributed by atoms with E-state index in [9.17, 15) is 24.4 Å². The first kappa shape index (κ1) is 22.7. The average molecular weight is 439 g/mol. The molecule has 9 heteroatoms. The Labute approximate surface area is 184 Å². The molecule has 0 bridgehead atoms. The summed E-state index contributed by atoms with van der Waals surface area (Å²) in [6.45, 7) is 5.70. The molecule has 0 unspecified atom stereocenters. The Morgan fingerprint density at radius 1 is 1.16 bits per heavy atom. The fourth-order valence-corrected chi connectivity index (χ4v) is 3.06. The third kappa shape index (κ3) is 5.18. The van der Waals surface area contributed by atoms with Crippen molar-refractivity contribution in [2.24, 2.45) is 0 Å². The second kappa shape index (κ2) is 9.01. The highest BCUT2D eigenvalue weighted by Crippen LogP contribution is 2.34. The van der Waals surface area contributed by atoms with Gasteiger partial charge in [-0.25, -0.2) is 9.18 Å². The van der Waals surface area contributed by atoms with Crippen molar-refractivity contribution in [2.75, 3.05) is 0 Å². The summed E-state index contributed by atoms with van der Waals surface area (Å²) in [6.07, 6.45) is 2.05. The van der Waals surface area contributed by atoms with Crippen molar-refractivity contribution in [3.8, 4) is 22.6 Å². The van der Waals surface area contributed by atoms with Gasteiger partial charge in [0.15, 0.2) is 11.6 Å². The molecule has 0 aliphatic carbocycles. The summed E-state index contributed by atoms with van der Waals surface area (Å²) >= 11 is 0. The maximum atomic E-state index is 14.3. The van der Waals surface area contributed by atoms with Gasteiger partial charge in [-0.1, -0.05) is 24.3 Å². The summed E-state index contributed by atoms with van der Waals surface area (Å²) in [6, 6.07) is 11.9. The van der Waals surface area contributed by atoms with E-state index in [1.807, 2.05) is 20.8 Å². The van der Waals surface area contributed by atoms with Crippen LogP contribution in [-0.2, 0) is 6.54 Å². The molecule has 0 saturated carbocycles. The number of hydrogen-bond acceptors (Lipinski definition) is 5. The standard InChI is InChI=1S/C23H22FN3O5/c1-23(2,3)26(22(28)29)14-15-4-6-16(7-5-15)18-13-25-11-10-20(18)32-21-9-8-17(27(30)31)12-19(21)24/h4-13H,14H2,1-3H3,(H,28,29). The first-order valence-electron chi connectivity index (χ1n) is 9.72. The molecular weight excluding hydrogens is 417 g/mol. The van der Waals surface area contributed by atoms with E-state index >= 15 is 0 Å². The van der Waals surface area contributed by atoms with Gasteiger partial charge < -0.3 is 9.84 Å². The Kier molecular flexibility index (Phi) is 6.38. The van der Waals surface area contributed by atoms with Crippen LogP contribution in [0.4, 0.5) is 14.9 Å². The van der Waals surface area contributed by atoms with Crippen molar-refractivity contribution in [1.29, 1.82) is 0 Å². The third-order valence-electron chi connectivity index (χ3n) is 4.77. The molecule has 3 aromatic rings. The fourth-order valence-electron chi connectivity index (χ4n) is 3.06. The Bertz CT molecular complexity index is 1140. The van der Waals surface area contributed by atoms with Crippen molar-refractivity contribution in [3.63, 3.8) is 0 Å². The number of carboxylic acid groups (broad SMARTS) is 1. The zero-order chi connectivity index (χ0) is 23.5. The minimum absolute atomic E-state index is 0.151. The van der Waals surface area contributed by atoms with Crippen molar-refractivity contribution in [2.45, 2.75) is 32.9 Å². The summed E-state index contributed by atoms with van der Waals surface area (Å²) in [4.78, 5) is 27.1. The van der Waals surface area contributed by atoms with E-state index in [4.69, 9.17) is 4.74 Å². The van der Waals surface area contributed by atoms with Crippen LogP contribution >= 0.6 is 0 Å². The number of benzene rings is 2. The smallest absolute Gasteiger partial charge is 0.408 e. The molecule has 3 rings (SSSR count). The molecule has 166 valence electrons. The second-order valence-corrected chi connectivity index (χ2v) is 8.08. The van der Waals surface area contributed by atoms with Crippen molar-refractivity contribution < 1.29 is 24.0 Å². The van der Waals surface area contributed by atoms with Gasteiger partial charge in [-0.05, 0) is 44.0 Å². The van der Waals surface area contributed by atoms with Crippen LogP contribution in [0.2, 0.25) is 0 Å². The number of ether oxygens (including phenoxy) is 1. The first-order chi connectivity index (χ1) is 15.1. The number of aromatic nitrogens is 1. The maximum absolute atomic E-state index is 14.3. The molecule has 0 atom stereocenters. The number of nitro benzene ring substituents is 1. The Morgan fingerprint density at radius 3 is 2.41 bits per heavy atom. The third-order valence-corrected chi connectivity index (χ3v) is 4.77. The van der Waals surface area contributed by atoms with Crippen LogP contribution in [-0.4, -0.2) is 31.5 Å². The lowest BCUT2D eigenvalue weighted by Crippen LogP contribution is -2.44. The molecule has 1 amide bonds.